The predicted octanol–water partition coefficient (Wildman–Crippen LogP) is 2.19. The van der Waals surface area contributed by atoms with Gasteiger partial charge in [-0.3, -0.25) is 0 Å². The molecule has 0 unspecified atom stereocenters. The highest BCUT2D eigenvalue weighted by Gasteiger charge is 2.03. The zero-order valence-corrected chi connectivity index (χ0v) is 7.52. The number of rotatable bonds is 1. The summed E-state index contributed by atoms with van der Waals surface area (Å²) in [5.41, 5.74) is 15.7. The van der Waals surface area contributed by atoms with E-state index in [1.165, 1.54) is 0 Å². The summed E-state index contributed by atoms with van der Waals surface area (Å²) in [7, 11) is 0. The van der Waals surface area contributed by atoms with Crippen molar-refractivity contribution < 1.29 is 0 Å². The van der Waals surface area contributed by atoms with Crippen LogP contribution in [0.3, 0.4) is 0 Å². The Morgan fingerprint density at radius 1 is 1.33 bits per heavy atom. The van der Waals surface area contributed by atoms with Crippen molar-refractivity contribution >= 4 is 16.9 Å². The molecular formula is C10H14N2. The van der Waals surface area contributed by atoms with E-state index in [-0.39, 0.29) is 0 Å². The number of benzene rings is 1. The van der Waals surface area contributed by atoms with Crippen molar-refractivity contribution in [3.8, 4) is 0 Å². The monoisotopic (exact) mass is 162 g/mol. The Morgan fingerprint density at radius 2 is 1.92 bits per heavy atom. The number of nitrogen functional groups attached to an aromatic ring is 2. The fraction of sp³-hybridized carbons (Fsp3) is 0.200. The SMILES string of the molecule is C=C(C)c1cc(C)cc(N)c1N. The van der Waals surface area contributed by atoms with Crippen molar-refractivity contribution in [2.45, 2.75) is 13.8 Å². The molecule has 0 radical (unpaired) electrons. The van der Waals surface area contributed by atoms with Crippen molar-refractivity contribution in [3.63, 3.8) is 0 Å². The maximum absolute atomic E-state index is 5.77. The van der Waals surface area contributed by atoms with E-state index in [1.807, 2.05) is 26.0 Å². The third-order valence-electron chi connectivity index (χ3n) is 1.82. The van der Waals surface area contributed by atoms with E-state index in [4.69, 9.17) is 11.5 Å². The van der Waals surface area contributed by atoms with Gasteiger partial charge < -0.3 is 11.5 Å². The molecule has 1 aromatic carbocycles. The van der Waals surface area contributed by atoms with Crippen LogP contribution in [0.25, 0.3) is 5.57 Å². The number of allylic oxidation sites excluding steroid dienone is 1. The largest absolute Gasteiger partial charge is 0.397 e. The van der Waals surface area contributed by atoms with Crippen molar-refractivity contribution in [1.82, 2.24) is 0 Å². The Bertz CT molecular complexity index is 327. The van der Waals surface area contributed by atoms with Crippen LogP contribution in [-0.2, 0) is 0 Å². The molecule has 64 valence electrons. The normalized spacial score (nSPS) is 9.83. The number of nitrogens with two attached hydrogens (primary N) is 2. The van der Waals surface area contributed by atoms with Gasteiger partial charge in [-0.05, 0) is 37.1 Å². The van der Waals surface area contributed by atoms with Gasteiger partial charge in [0.2, 0.25) is 0 Å². The average molecular weight is 162 g/mol. The second-order valence-corrected chi connectivity index (χ2v) is 3.10. The molecule has 2 nitrogen and oxygen atoms in total. The van der Waals surface area contributed by atoms with Gasteiger partial charge in [0.05, 0.1) is 11.4 Å². The molecule has 1 rings (SSSR count). The molecule has 0 saturated heterocycles. The van der Waals surface area contributed by atoms with Gasteiger partial charge in [-0.1, -0.05) is 6.58 Å². The Kier molecular flexibility index (Phi) is 2.09. The lowest BCUT2D eigenvalue weighted by Gasteiger charge is -2.08. The molecule has 0 amide bonds. The third kappa shape index (κ3) is 1.42. The van der Waals surface area contributed by atoms with Gasteiger partial charge in [0.15, 0.2) is 0 Å². The molecule has 0 fully saturated rings. The van der Waals surface area contributed by atoms with Crippen LogP contribution in [0.2, 0.25) is 0 Å². The average Bonchev–Trinajstić information content (AvgIpc) is 1.96. The van der Waals surface area contributed by atoms with Gasteiger partial charge in [-0.25, -0.2) is 0 Å². The van der Waals surface area contributed by atoms with Crippen LogP contribution < -0.4 is 11.5 Å². The second kappa shape index (κ2) is 2.89. The minimum Gasteiger partial charge on any atom is -0.397 e. The zero-order valence-electron chi connectivity index (χ0n) is 7.52. The fourth-order valence-corrected chi connectivity index (χ4v) is 1.18. The Balaban J connectivity index is 3.37. The molecule has 0 aliphatic rings. The van der Waals surface area contributed by atoms with Crippen LogP contribution in [0, 0.1) is 6.92 Å². The molecule has 0 aliphatic carbocycles. The van der Waals surface area contributed by atoms with Gasteiger partial charge in [-0.2, -0.15) is 0 Å². The summed E-state index contributed by atoms with van der Waals surface area (Å²) in [6.07, 6.45) is 0. The van der Waals surface area contributed by atoms with Gasteiger partial charge in [-0.15, -0.1) is 0 Å². The first-order valence-corrected chi connectivity index (χ1v) is 3.84. The summed E-state index contributed by atoms with van der Waals surface area (Å²) >= 11 is 0. The van der Waals surface area contributed by atoms with E-state index in [9.17, 15) is 0 Å². The van der Waals surface area contributed by atoms with E-state index in [0.29, 0.717) is 11.4 Å². The second-order valence-electron chi connectivity index (χ2n) is 3.10. The standard InChI is InChI=1S/C10H14N2/c1-6(2)8-4-7(3)5-9(11)10(8)12/h4-5H,1,11-12H2,2-3H3. The predicted molar refractivity (Wildman–Crippen MR) is 54.7 cm³/mol. The first kappa shape index (κ1) is 8.65. The summed E-state index contributed by atoms with van der Waals surface area (Å²) in [5, 5.41) is 0. The summed E-state index contributed by atoms with van der Waals surface area (Å²) in [4.78, 5) is 0. The first-order chi connectivity index (χ1) is 5.52. The van der Waals surface area contributed by atoms with E-state index >= 15 is 0 Å². The quantitative estimate of drug-likeness (QED) is 0.622. The number of anilines is 2. The minimum absolute atomic E-state index is 0.632. The summed E-state index contributed by atoms with van der Waals surface area (Å²) in [6.45, 7) is 7.74. The van der Waals surface area contributed by atoms with Crippen LogP contribution in [0.15, 0.2) is 18.7 Å². The van der Waals surface area contributed by atoms with E-state index < -0.39 is 0 Å². The maximum atomic E-state index is 5.77. The molecule has 0 aliphatic heterocycles. The molecular weight excluding hydrogens is 148 g/mol. The Hall–Kier alpha value is -1.44. The van der Waals surface area contributed by atoms with Crippen molar-refractivity contribution in [2.75, 3.05) is 11.5 Å². The molecule has 1 aromatic rings. The van der Waals surface area contributed by atoms with Crippen molar-refractivity contribution in [3.05, 3.63) is 29.8 Å². The summed E-state index contributed by atoms with van der Waals surface area (Å²) in [6, 6.07) is 3.86. The van der Waals surface area contributed by atoms with Crippen LogP contribution >= 0.6 is 0 Å². The van der Waals surface area contributed by atoms with Gasteiger partial charge in [0.25, 0.3) is 0 Å². The topological polar surface area (TPSA) is 52.0 Å². The maximum Gasteiger partial charge on any atom is 0.0624 e. The molecule has 0 heterocycles. The van der Waals surface area contributed by atoms with Crippen LogP contribution in [0.5, 0.6) is 0 Å². The minimum atomic E-state index is 0.632. The lowest BCUT2D eigenvalue weighted by molar-refractivity contribution is 1.44. The molecule has 0 saturated carbocycles. The zero-order chi connectivity index (χ0) is 9.30. The van der Waals surface area contributed by atoms with Gasteiger partial charge in [0, 0.05) is 5.56 Å². The van der Waals surface area contributed by atoms with E-state index in [1.54, 1.807) is 0 Å². The molecule has 0 spiro atoms. The molecule has 2 heteroatoms. The highest BCUT2D eigenvalue weighted by Crippen LogP contribution is 2.26. The molecule has 0 atom stereocenters. The Morgan fingerprint density at radius 3 is 2.42 bits per heavy atom. The molecule has 0 bridgehead atoms. The Labute approximate surface area is 72.9 Å². The van der Waals surface area contributed by atoms with E-state index in [2.05, 4.69) is 6.58 Å². The lowest BCUT2D eigenvalue weighted by Crippen LogP contribution is -1.99. The first-order valence-electron chi connectivity index (χ1n) is 3.84. The number of hydrogen-bond acceptors (Lipinski definition) is 2. The van der Waals surface area contributed by atoms with Crippen LogP contribution in [0.1, 0.15) is 18.1 Å². The fourth-order valence-electron chi connectivity index (χ4n) is 1.18. The number of aryl methyl sites for hydroxylation is 1. The van der Waals surface area contributed by atoms with Crippen molar-refractivity contribution in [2.24, 2.45) is 0 Å². The lowest BCUT2D eigenvalue weighted by atomic mass is 10.0. The number of hydrogen-bond donors (Lipinski definition) is 2. The highest BCUT2D eigenvalue weighted by atomic mass is 14.7. The molecule has 4 N–H and O–H groups in total. The van der Waals surface area contributed by atoms with Crippen molar-refractivity contribution in [1.29, 1.82) is 0 Å². The summed E-state index contributed by atoms with van der Waals surface area (Å²) < 4.78 is 0. The summed E-state index contributed by atoms with van der Waals surface area (Å²) in [5.74, 6) is 0. The van der Waals surface area contributed by atoms with Gasteiger partial charge in [0.1, 0.15) is 0 Å². The third-order valence-corrected chi connectivity index (χ3v) is 1.82. The smallest absolute Gasteiger partial charge is 0.0624 e. The van der Waals surface area contributed by atoms with E-state index in [0.717, 1.165) is 16.7 Å². The van der Waals surface area contributed by atoms with Crippen LogP contribution in [0.4, 0.5) is 11.4 Å². The molecule has 0 aromatic heterocycles. The van der Waals surface area contributed by atoms with Gasteiger partial charge >= 0.3 is 0 Å². The van der Waals surface area contributed by atoms with Crippen LogP contribution in [-0.4, -0.2) is 0 Å². The molecule has 12 heavy (non-hydrogen) atoms. The highest BCUT2D eigenvalue weighted by molar-refractivity contribution is 5.81.